The minimum absolute atomic E-state index is 0.306. The Bertz CT molecular complexity index is 1230. The molecule has 0 atom stereocenters. The van der Waals surface area contributed by atoms with E-state index < -0.39 is 17.3 Å². The second-order valence-electron chi connectivity index (χ2n) is 7.69. The molecule has 0 aliphatic carbocycles. The minimum atomic E-state index is -4.50. The Hall–Kier alpha value is -3.55. The van der Waals surface area contributed by atoms with Crippen molar-refractivity contribution in [3.8, 4) is 17.1 Å². The van der Waals surface area contributed by atoms with Gasteiger partial charge in [-0.2, -0.15) is 18.3 Å². The highest BCUT2D eigenvalue weighted by Crippen LogP contribution is 2.32. The van der Waals surface area contributed by atoms with Crippen molar-refractivity contribution in [2.75, 3.05) is 0 Å². The summed E-state index contributed by atoms with van der Waals surface area (Å²) in [7, 11) is 0. The molecule has 0 saturated heterocycles. The molecule has 0 amide bonds. The van der Waals surface area contributed by atoms with Crippen LogP contribution in [-0.4, -0.2) is 24.7 Å². The van der Waals surface area contributed by atoms with Crippen LogP contribution in [0.15, 0.2) is 67.0 Å². The molecular weight excluding hydrogens is 403 g/mol. The highest BCUT2D eigenvalue weighted by molar-refractivity contribution is 5.61. The molecule has 4 aromatic heterocycles. The zero-order valence-corrected chi connectivity index (χ0v) is 17.2. The maximum atomic E-state index is 12.9. The van der Waals surface area contributed by atoms with Crippen molar-refractivity contribution < 1.29 is 13.2 Å². The molecule has 0 spiro atoms. The molecule has 4 rings (SSSR count). The summed E-state index contributed by atoms with van der Waals surface area (Å²) in [5.41, 5.74) is 2.52. The SMILES string of the molecule is Cc1ncccc1-c1cccc(C(C)(C)c2cccc(-n3ccc(C(F)(F)F)n3)n2)n1. The number of alkyl halides is 3. The molecule has 0 fully saturated rings. The number of nitrogens with zero attached hydrogens (tertiary/aromatic N) is 5. The van der Waals surface area contributed by atoms with Crippen molar-refractivity contribution in [1.82, 2.24) is 24.7 Å². The van der Waals surface area contributed by atoms with E-state index in [0.29, 0.717) is 11.5 Å². The molecule has 0 N–H and O–H groups in total. The monoisotopic (exact) mass is 423 g/mol. The second-order valence-corrected chi connectivity index (χ2v) is 7.69. The maximum absolute atomic E-state index is 12.9. The molecule has 0 bridgehead atoms. The highest BCUT2D eigenvalue weighted by Gasteiger charge is 2.34. The van der Waals surface area contributed by atoms with E-state index in [2.05, 4.69) is 15.1 Å². The summed E-state index contributed by atoms with van der Waals surface area (Å²) in [6.07, 6.45) is -1.51. The van der Waals surface area contributed by atoms with Gasteiger partial charge in [0.1, 0.15) is 0 Å². The zero-order valence-electron chi connectivity index (χ0n) is 17.2. The predicted molar refractivity (Wildman–Crippen MR) is 111 cm³/mol. The van der Waals surface area contributed by atoms with Crippen LogP contribution in [0.5, 0.6) is 0 Å². The van der Waals surface area contributed by atoms with Gasteiger partial charge in [0.15, 0.2) is 11.5 Å². The van der Waals surface area contributed by atoms with E-state index in [1.807, 2.05) is 57.2 Å². The number of hydrogen-bond acceptors (Lipinski definition) is 4. The number of halogens is 3. The molecule has 0 saturated carbocycles. The van der Waals surface area contributed by atoms with Crippen molar-refractivity contribution in [3.05, 3.63) is 89.8 Å². The molecule has 5 nitrogen and oxygen atoms in total. The molecule has 158 valence electrons. The van der Waals surface area contributed by atoms with E-state index in [9.17, 15) is 13.2 Å². The lowest BCUT2D eigenvalue weighted by molar-refractivity contribution is -0.141. The third kappa shape index (κ3) is 4.05. The second kappa shape index (κ2) is 7.61. The molecule has 0 aliphatic rings. The summed E-state index contributed by atoms with van der Waals surface area (Å²) in [6.45, 7) is 5.89. The van der Waals surface area contributed by atoms with Crippen LogP contribution >= 0.6 is 0 Å². The van der Waals surface area contributed by atoms with Crippen LogP contribution in [0.2, 0.25) is 0 Å². The van der Waals surface area contributed by atoms with Crippen molar-refractivity contribution in [2.45, 2.75) is 32.4 Å². The maximum Gasteiger partial charge on any atom is 0.435 e. The van der Waals surface area contributed by atoms with Gasteiger partial charge in [-0.3, -0.25) is 9.97 Å². The quantitative estimate of drug-likeness (QED) is 0.442. The van der Waals surface area contributed by atoms with E-state index in [1.54, 1.807) is 18.3 Å². The Labute approximate surface area is 177 Å². The van der Waals surface area contributed by atoms with Gasteiger partial charge in [0.2, 0.25) is 0 Å². The molecule has 31 heavy (non-hydrogen) atoms. The Morgan fingerprint density at radius 2 is 1.52 bits per heavy atom. The van der Waals surface area contributed by atoms with E-state index >= 15 is 0 Å². The van der Waals surface area contributed by atoms with Crippen molar-refractivity contribution in [1.29, 1.82) is 0 Å². The first kappa shape index (κ1) is 20.7. The number of aryl methyl sites for hydroxylation is 1. The van der Waals surface area contributed by atoms with E-state index in [4.69, 9.17) is 4.98 Å². The summed E-state index contributed by atoms with van der Waals surface area (Å²) in [5, 5.41) is 3.62. The average Bonchev–Trinajstić information content (AvgIpc) is 3.25. The lowest BCUT2D eigenvalue weighted by Gasteiger charge is -2.24. The number of rotatable bonds is 4. The summed E-state index contributed by atoms with van der Waals surface area (Å²) < 4.78 is 39.8. The van der Waals surface area contributed by atoms with Crippen molar-refractivity contribution in [3.63, 3.8) is 0 Å². The lowest BCUT2D eigenvalue weighted by atomic mass is 9.84. The summed E-state index contributed by atoms with van der Waals surface area (Å²) >= 11 is 0. The normalized spacial score (nSPS) is 12.2. The van der Waals surface area contributed by atoms with E-state index in [1.165, 1.54) is 6.20 Å². The fraction of sp³-hybridized carbons (Fsp3) is 0.217. The third-order valence-corrected chi connectivity index (χ3v) is 5.16. The minimum Gasteiger partial charge on any atom is -0.261 e. The van der Waals surface area contributed by atoms with Crippen LogP contribution in [0, 0.1) is 6.92 Å². The third-order valence-electron chi connectivity index (χ3n) is 5.16. The number of pyridine rings is 3. The molecule has 8 heteroatoms. The molecular formula is C23H20F3N5. The van der Waals surface area contributed by atoms with E-state index in [0.717, 1.165) is 33.4 Å². The summed E-state index contributed by atoms with van der Waals surface area (Å²) in [4.78, 5) is 13.8. The molecule has 4 aromatic rings. The van der Waals surface area contributed by atoms with Crippen LogP contribution in [-0.2, 0) is 11.6 Å². The Kier molecular flexibility index (Phi) is 5.08. The van der Waals surface area contributed by atoms with Gasteiger partial charge >= 0.3 is 6.18 Å². The van der Waals surface area contributed by atoms with Gasteiger partial charge in [0, 0.05) is 29.1 Å². The van der Waals surface area contributed by atoms with Crippen LogP contribution in [0.3, 0.4) is 0 Å². The van der Waals surface area contributed by atoms with Crippen LogP contribution < -0.4 is 0 Å². The topological polar surface area (TPSA) is 56.5 Å². The van der Waals surface area contributed by atoms with Gasteiger partial charge in [0.05, 0.1) is 17.1 Å². The first-order chi connectivity index (χ1) is 14.7. The van der Waals surface area contributed by atoms with Crippen molar-refractivity contribution >= 4 is 0 Å². The first-order valence-electron chi connectivity index (χ1n) is 9.66. The Morgan fingerprint density at radius 1 is 0.806 bits per heavy atom. The highest BCUT2D eigenvalue weighted by atomic mass is 19.4. The summed E-state index contributed by atoms with van der Waals surface area (Å²) in [6, 6.07) is 15.7. The standard InChI is InChI=1S/C23H20F3N5/c1-15-16(7-6-13-27-15)17-8-4-9-18(28-17)22(2,3)19-10-5-11-21(29-19)31-14-12-20(30-31)23(24,25)26/h4-14H,1-3H3. The number of aromatic nitrogens is 5. The van der Waals surface area contributed by atoms with Crippen LogP contribution in [0.4, 0.5) is 13.2 Å². The summed E-state index contributed by atoms with van der Waals surface area (Å²) in [5.74, 6) is 0.306. The predicted octanol–water partition coefficient (Wildman–Crippen LogP) is 5.38. The largest absolute Gasteiger partial charge is 0.435 e. The van der Waals surface area contributed by atoms with Gasteiger partial charge in [0.25, 0.3) is 0 Å². The molecule has 0 aromatic carbocycles. The van der Waals surface area contributed by atoms with Gasteiger partial charge in [-0.25, -0.2) is 9.67 Å². The first-order valence-corrected chi connectivity index (χ1v) is 9.66. The van der Waals surface area contributed by atoms with Crippen LogP contribution in [0.25, 0.3) is 17.1 Å². The fourth-order valence-electron chi connectivity index (χ4n) is 3.32. The fourth-order valence-corrected chi connectivity index (χ4v) is 3.32. The molecule has 0 unspecified atom stereocenters. The zero-order chi connectivity index (χ0) is 22.2. The van der Waals surface area contributed by atoms with Crippen LogP contribution in [0.1, 0.15) is 36.6 Å². The molecule has 0 aliphatic heterocycles. The average molecular weight is 423 g/mol. The molecule has 4 heterocycles. The van der Waals surface area contributed by atoms with Gasteiger partial charge in [-0.05, 0) is 63.2 Å². The number of hydrogen-bond donors (Lipinski definition) is 0. The Balaban J connectivity index is 1.72. The van der Waals surface area contributed by atoms with E-state index in [-0.39, 0.29) is 0 Å². The molecule has 0 radical (unpaired) electrons. The van der Waals surface area contributed by atoms with Gasteiger partial charge in [-0.1, -0.05) is 12.1 Å². The van der Waals surface area contributed by atoms with Gasteiger partial charge < -0.3 is 0 Å². The Morgan fingerprint density at radius 3 is 2.19 bits per heavy atom. The van der Waals surface area contributed by atoms with Crippen molar-refractivity contribution in [2.24, 2.45) is 0 Å². The lowest BCUT2D eigenvalue weighted by Crippen LogP contribution is -2.23. The smallest absolute Gasteiger partial charge is 0.261 e. The van der Waals surface area contributed by atoms with Gasteiger partial charge in [-0.15, -0.1) is 0 Å².